The van der Waals surface area contributed by atoms with Gasteiger partial charge in [0.2, 0.25) is 0 Å². The Hall–Kier alpha value is -3.28. The monoisotopic (exact) mass is 352 g/mol. The van der Waals surface area contributed by atoms with Crippen molar-refractivity contribution in [1.29, 1.82) is 0 Å². The lowest BCUT2D eigenvalue weighted by Crippen LogP contribution is -2.22. The maximum absolute atomic E-state index is 11.7. The van der Waals surface area contributed by atoms with Gasteiger partial charge in [0.05, 0.1) is 38.0 Å². The zero-order valence-electron chi connectivity index (χ0n) is 14.7. The third kappa shape index (κ3) is 3.26. The first-order valence-electron chi connectivity index (χ1n) is 8.08. The summed E-state index contributed by atoms with van der Waals surface area (Å²) >= 11 is 0. The number of benzene rings is 2. The molecule has 1 heterocycles. The van der Waals surface area contributed by atoms with Crippen LogP contribution in [0.15, 0.2) is 42.5 Å². The van der Waals surface area contributed by atoms with Crippen molar-refractivity contribution in [3.63, 3.8) is 0 Å². The molecule has 0 atom stereocenters. The SMILES string of the molecule is CCOc1ccc2nc(-c3ccc(OC)c(OC)c3)cc(C(=O)[O-])c2c1. The minimum absolute atomic E-state index is 0.0568. The van der Waals surface area contributed by atoms with E-state index in [1.54, 1.807) is 43.5 Å². The molecule has 0 saturated carbocycles. The maximum atomic E-state index is 11.7. The molecule has 0 aliphatic heterocycles. The molecule has 2 aromatic carbocycles. The molecule has 0 bridgehead atoms. The van der Waals surface area contributed by atoms with Gasteiger partial charge in [0.15, 0.2) is 11.5 Å². The number of carbonyl (C=O) groups is 1. The predicted molar refractivity (Wildman–Crippen MR) is 95.8 cm³/mol. The first kappa shape index (κ1) is 17.5. The fourth-order valence-electron chi connectivity index (χ4n) is 2.77. The molecule has 0 saturated heterocycles. The van der Waals surface area contributed by atoms with Gasteiger partial charge in [-0.05, 0) is 49.4 Å². The van der Waals surface area contributed by atoms with Crippen LogP contribution in [0.2, 0.25) is 0 Å². The molecular formula is C20H18NO5-. The molecule has 0 unspecified atom stereocenters. The fourth-order valence-corrected chi connectivity index (χ4v) is 2.77. The van der Waals surface area contributed by atoms with Crippen LogP contribution in [-0.4, -0.2) is 31.8 Å². The smallest absolute Gasteiger partial charge is 0.161 e. The number of aromatic nitrogens is 1. The largest absolute Gasteiger partial charge is 0.545 e. The van der Waals surface area contributed by atoms with E-state index in [0.29, 0.717) is 46.0 Å². The summed E-state index contributed by atoms with van der Waals surface area (Å²) in [6, 6.07) is 11.9. The zero-order valence-corrected chi connectivity index (χ0v) is 14.7. The standard InChI is InChI=1S/C20H19NO5/c1-4-26-13-6-7-16-14(10-13)15(20(22)23)11-17(21-16)12-5-8-18(24-2)19(9-12)25-3/h5-11H,4H2,1-3H3,(H,22,23)/p-1. The molecule has 134 valence electrons. The Morgan fingerprint density at radius 3 is 2.46 bits per heavy atom. The highest BCUT2D eigenvalue weighted by atomic mass is 16.5. The Balaban J connectivity index is 2.18. The van der Waals surface area contributed by atoms with E-state index in [1.807, 2.05) is 6.92 Å². The first-order valence-corrected chi connectivity index (χ1v) is 8.08. The number of ether oxygens (including phenoxy) is 3. The summed E-state index contributed by atoms with van der Waals surface area (Å²) in [6.45, 7) is 2.35. The Labute approximate surface area is 151 Å². The molecule has 0 spiro atoms. The number of hydrogen-bond donors (Lipinski definition) is 0. The van der Waals surface area contributed by atoms with Crippen LogP contribution in [0.4, 0.5) is 0 Å². The van der Waals surface area contributed by atoms with Crippen LogP contribution < -0.4 is 19.3 Å². The van der Waals surface area contributed by atoms with Crippen molar-refractivity contribution in [3.8, 4) is 28.5 Å². The summed E-state index contributed by atoms with van der Waals surface area (Å²) in [7, 11) is 3.09. The second-order valence-corrected chi connectivity index (χ2v) is 5.52. The van der Waals surface area contributed by atoms with Gasteiger partial charge in [-0.3, -0.25) is 0 Å². The van der Waals surface area contributed by atoms with Gasteiger partial charge in [-0.25, -0.2) is 4.98 Å². The third-order valence-corrected chi connectivity index (χ3v) is 3.99. The summed E-state index contributed by atoms with van der Waals surface area (Å²) in [5.41, 5.74) is 1.81. The van der Waals surface area contributed by atoms with Crippen LogP contribution >= 0.6 is 0 Å². The number of carboxylic acid groups (broad SMARTS) is 1. The molecule has 3 rings (SSSR count). The highest BCUT2D eigenvalue weighted by Crippen LogP contribution is 2.33. The molecule has 0 fully saturated rings. The molecule has 6 heteroatoms. The highest BCUT2D eigenvalue weighted by molar-refractivity contribution is 6.03. The summed E-state index contributed by atoms with van der Waals surface area (Å²) in [5.74, 6) is 0.433. The summed E-state index contributed by atoms with van der Waals surface area (Å²) in [6.07, 6.45) is 0. The van der Waals surface area contributed by atoms with Gasteiger partial charge in [0.1, 0.15) is 5.75 Å². The van der Waals surface area contributed by atoms with E-state index in [2.05, 4.69) is 4.98 Å². The molecule has 26 heavy (non-hydrogen) atoms. The van der Waals surface area contributed by atoms with E-state index in [4.69, 9.17) is 14.2 Å². The minimum atomic E-state index is -1.27. The van der Waals surface area contributed by atoms with Crippen LogP contribution in [0, 0.1) is 0 Å². The van der Waals surface area contributed by atoms with Gasteiger partial charge >= 0.3 is 0 Å². The second-order valence-electron chi connectivity index (χ2n) is 5.52. The van der Waals surface area contributed by atoms with E-state index in [-0.39, 0.29) is 5.56 Å². The fraction of sp³-hybridized carbons (Fsp3) is 0.200. The predicted octanol–water partition coefficient (Wildman–Crippen LogP) is 2.68. The average Bonchev–Trinajstić information content (AvgIpc) is 2.66. The average molecular weight is 352 g/mol. The van der Waals surface area contributed by atoms with Gasteiger partial charge in [0, 0.05) is 16.5 Å². The molecule has 1 aromatic heterocycles. The zero-order chi connectivity index (χ0) is 18.7. The van der Waals surface area contributed by atoms with E-state index in [1.165, 1.54) is 13.2 Å². The van der Waals surface area contributed by atoms with Crippen LogP contribution in [-0.2, 0) is 0 Å². The highest BCUT2D eigenvalue weighted by Gasteiger charge is 2.12. The number of carbonyl (C=O) groups excluding carboxylic acids is 1. The summed E-state index contributed by atoms with van der Waals surface area (Å²) in [5, 5.41) is 12.1. The molecule has 0 amide bonds. The molecule has 3 aromatic rings. The van der Waals surface area contributed by atoms with Crippen LogP contribution in [0.1, 0.15) is 17.3 Å². The number of fused-ring (bicyclic) bond motifs is 1. The number of aromatic carboxylic acids is 1. The van der Waals surface area contributed by atoms with E-state index >= 15 is 0 Å². The molecule has 0 N–H and O–H groups in total. The van der Waals surface area contributed by atoms with E-state index < -0.39 is 5.97 Å². The number of carboxylic acids is 1. The van der Waals surface area contributed by atoms with E-state index in [9.17, 15) is 9.90 Å². The first-order chi connectivity index (χ1) is 12.6. The number of rotatable bonds is 6. The minimum Gasteiger partial charge on any atom is -0.545 e. The quantitative estimate of drug-likeness (QED) is 0.678. The van der Waals surface area contributed by atoms with Gasteiger partial charge in [-0.15, -0.1) is 0 Å². The number of pyridine rings is 1. The van der Waals surface area contributed by atoms with Crippen LogP contribution in [0.25, 0.3) is 22.2 Å². The van der Waals surface area contributed by atoms with Crippen molar-refractivity contribution in [3.05, 3.63) is 48.0 Å². The molecule has 0 radical (unpaired) electrons. The Kier molecular flexibility index (Phi) is 4.93. The van der Waals surface area contributed by atoms with Crippen molar-refractivity contribution in [2.24, 2.45) is 0 Å². The third-order valence-electron chi connectivity index (χ3n) is 3.99. The Bertz CT molecular complexity index is 968. The Morgan fingerprint density at radius 1 is 1.04 bits per heavy atom. The molecule has 0 aliphatic rings. The molecule has 0 aliphatic carbocycles. The second kappa shape index (κ2) is 7.31. The van der Waals surface area contributed by atoms with Crippen molar-refractivity contribution in [1.82, 2.24) is 4.98 Å². The lowest BCUT2D eigenvalue weighted by Gasteiger charge is -2.13. The summed E-state index contributed by atoms with van der Waals surface area (Å²) < 4.78 is 16.0. The summed E-state index contributed by atoms with van der Waals surface area (Å²) in [4.78, 5) is 16.2. The number of nitrogens with zero attached hydrogens (tertiary/aromatic N) is 1. The lowest BCUT2D eigenvalue weighted by molar-refractivity contribution is -0.254. The van der Waals surface area contributed by atoms with Crippen molar-refractivity contribution in [2.75, 3.05) is 20.8 Å². The topological polar surface area (TPSA) is 80.7 Å². The number of methoxy groups -OCH3 is 2. The molecular weight excluding hydrogens is 334 g/mol. The normalized spacial score (nSPS) is 10.6. The van der Waals surface area contributed by atoms with Crippen LogP contribution in [0.5, 0.6) is 17.2 Å². The van der Waals surface area contributed by atoms with E-state index in [0.717, 1.165) is 0 Å². The van der Waals surface area contributed by atoms with Crippen molar-refractivity contribution < 1.29 is 24.1 Å². The lowest BCUT2D eigenvalue weighted by atomic mass is 10.0. The van der Waals surface area contributed by atoms with Crippen LogP contribution in [0.3, 0.4) is 0 Å². The van der Waals surface area contributed by atoms with Gasteiger partial charge < -0.3 is 24.1 Å². The van der Waals surface area contributed by atoms with Crippen molar-refractivity contribution >= 4 is 16.9 Å². The van der Waals surface area contributed by atoms with Crippen molar-refractivity contribution in [2.45, 2.75) is 6.92 Å². The molecule has 6 nitrogen and oxygen atoms in total. The maximum Gasteiger partial charge on any atom is 0.161 e. The Morgan fingerprint density at radius 2 is 1.81 bits per heavy atom. The van der Waals surface area contributed by atoms with Gasteiger partial charge in [-0.2, -0.15) is 0 Å². The number of hydrogen-bond acceptors (Lipinski definition) is 6. The van der Waals surface area contributed by atoms with Gasteiger partial charge in [0.25, 0.3) is 0 Å². The van der Waals surface area contributed by atoms with Gasteiger partial charge in [-0.1, -0.05) is 0 Å².